The predicted octanol–water partition coefficient (Wildman–Crippen LogP) is 23.9. The fourth-order valence-corrected chi connectivity index (χ4v) is 11.3. The Morgan fingerprint density at radius 2 is 0.648 bits per heavy atom. The highest BCUT2D eigenvalue weighted by Gasteiger charge is 2.25. The number of carbonyl (C=O) groups is 3. The number of carbonyl (C=O) groups excluding carboxylic acids is 2. The van der Waals surface area contributed by atoms with Gasteiger partial charge in [0.25, 0.3) is 6.29 Å². The Bertz CT molecular complexity index is 1630. The van der Waals surface area contributed by atoms with E-state index in [9.17, 15) is 19.5 Å². The molecule has 0 aromatic heterocycles. The Labute approximate surface area is 545 Å². The lowest BCUT2D eigenvalue weighted by Gasteiger charge is -2.25. The third-order valence-electron chi connectivity index (χ3n) is 17.0. The van der Waals surface area contributed by atoms with E-state index in [1.165, 1.54) is 270 Å². The molecular formula is C79H146NO8+. The van der Waals surface area contributed by atoms with E-state index in [4.69, 9.17) is 18.9 Å². The van der Waals surface area contributed by atoms with E-state index in [2.05, 4.69) is 74.6 Å². The number of ether oxygens (including phenoxy) is 4. The Morgan fingerprint density at radius 3 is 0.966 bits per heavy atom. The van der Waals surface area contributed by atoms with Gasteiger partial charge in [-0.2, -0.15) is 0 Å². The summed E-state index contributed by atoms with van der Waals surface area (Å²) in [5.74, 6) is -1.98. The van der Waals surface area contributed by atoms with Gasteiger partial charge >= 0.3 is 17.9 Å². The number of unbranched alkanes of at least 4 members (excludes halogenated alkanes) is 46. The Kier molecular flexibility index (Phi) is 67.5. The Hall–Kier alpha value is -3.01. The number of nitrogens with zero attached hydrogens (tertiary/aromatic N) is 1. The van der Waals surface area contributed by atoms with Crippen LogP contribution in [0, 0.1) is 0 Å². The molecule has 0 aromatic rings. The average molecular weight is 1240 g/mol. The number of hydrogen-bond acceptors (Lipinski definition) is 7. The normalized spacial score (nSPS) is 13.0. The van der Waals surface area contributed by atoms with Crippen LogP contribution in [0.15, 0.2) is 60.8 Å². The minimum absolute atomic E-state index is 0.177. The maximum atomic E-state index is 13.0. The van der Waals surface area contributed by atoms with Crippen LogP contribution in [0.5, 0.6) is 0 Å². The summed E-state index contributed by atoms with van der Waals surface area (Å²) in [6.07, 6.45) is 89.3. The second-order valence-corrected chi connectivity index (χ2v) is 26.9. The third kappa shape index (κ3) is 70.4. The van der Waals surface area contributed by atoms with Crippen LogP contribution >= 0.6 is 0 Å². The molecule has 0 amide bonds. The minimum Gasteiger partial charge on any atom is -0.477 e. The van der Waals surface area contributed by atoms with Gasteiger partial charge in [-0.3, -0.25) is 9.59 Å². The summed E-state index contributed by atoms with van der Waals surface area (Å²) in [5.41, 5.74) is 0. The molecular weight excluding hydrogens is 1090 g/mol. The molecule has 0 saturated carbocycles. The van der Waals surface area contributed by atoms with E-state index < -0.39 is 18.4 Å². The number of quaternary nitrogens is 1. The van der Waals surface area contributed by atoms with Gasteiger partial charge in [0.15, 0.2) is 6.10 Å². The topological polar surface area (TPSA) is 108 Å². The average Bonchev–Trinajstić information content (AvgIpc) is 3.62. The number of esters is 2. The van der Waals surface area contributed by atoms with Gasteiger partial charge in [0.2, 0.25) is 0 Å². The number of carboxylic acids is 1. The quantitative estimate of drug-likeness (QED) is 0.0211. The molecule has 0 saturated heterocycles. The van der Waals surface area contributed by atoms with Crippen LogP contribution in [0.3, 0.4) is 0 Å². The van der Waals surface area contributed by atoms with Crippen LogP contribution in [-0.2, 0) is 33.3 Å². The van der Waals surface area contributed by atoms with Crippen molar-refractivity contribution in [3.8, 4) is 0 Å². The minimum atomic E-state index is -1.51. The van der Waals surface area contributed by atoms with E-state index in [1.54, 1.807) is 0 Å². The summed E-state index contributed by atoms with van der Waals surface area (Å²) in [5, 5.41) is 9.76. The predicted molar refractivity (Wildman–Crippen MR) is 378 cm³/mol. The van der Waals surface area contributed by atoms with Crippen molar-refractivity contribution in [3.63, 3.8) is 0 Å². The number of likely N-dealkylation sites (N-methyl/N-ethyl adjacent to an activating group) is 1. The van der Waals surface area contributed by atoms with Gasteiger partial charge < -0.3 is 28.5 Å². The van der Waals surface area contributed by atoms with Crippen LogP contribution in [0.2, 0.25) is 0 Å². The first-order valence-electron chi connectivity index (χ1n) is 38.0. The van der Waals surface area contributed by atoms with Crippen molar-refractivity contribution in [1.29, 1.82) is 0 Å². The highest BCUT2D eigenvalue weighted by Crippen LogP contribution is 2.19. The number of hydrogen-bond donors (Lipinski definition) is 1. The molecule has 0 aliphatic carbocycles. The number of allylic oxidation sites excluding steroid dienone is 10. The summed E-state index contributed by atoms with van der Waals surface area (Å²) < 4.78 is 23.0. The van der Waals surface area contributed by atoms with Crippen molar-refractivity contribution in [3.05, 3.63) is 60.8 Å². The second kappa shape index (κ2) is 69.9. The van der Waals surface area contributed by atoms with E-state index in [0.29, 0.717) is 17.4 Å². The van der Waals surface area contributed by atoms with Gasteiger partial charge in [0, 0.05) is 12.8 Å². The fourth-order valence-electron chi connectivity index (χ4n) is 11.3. The van der Waals surface area contributed by atoms with Gasteiger partial charge in [-0.15, -0.1) is 0 Å². The molecule has 0 aromatic carbocycles. The van der Waals surface area contributed by atoms with Gasteiger partial charge in [-0.1, -0.05) is 357 Å². The molecule has 0 aliphatic heterocycles. The zero-order valence-corrected chi connectivity index (χ0v) is 58.9. The van der Waals surface area contributed by atoms with Crippen molar-refractivity contribution < 1.29 is 42.9 Å². The summed E-state index contributed by atoms with van der Waals surface area (Å²) in [4.78, 5) is 37.7. The smallest absolute Gasteiger partial charge is 0.361 e. The molecule has 514 valence electrons. The molecule has 1 N–H and O–H groups in total. The molecule has 0 aliphatic rings. The Balaban J connectivity index is 4.02. The van der Waals surface area contributed by atoms with Crippen molar-refractivity contribution >= 4 is 17.9 Å². The van der Waals surface area contributed by atoms with Crippen LogP contribution in [-0.4, -0.2) is 87.4 Å². The van der Waals surface area contributed by atoms with Gasteiger partial charge in [-0.05, 0) is 57.8 Å². The lowest BCUT2D eigenvalue weighted by atomic mass is 10.0. The van der Waals surface area contributed by atoms with Gasteiger partial charge in [-0.25, -0.2) is 4.79 Å². The summed E-state index contributed by atoms with van der Waals surface area (Å²) in [7, 11) is 5.99. The first-order valence-corrected chi connectivity index (χ1v) is 38.0. The van der Waals surface area contributed by atoms with Crippen LogP contribution in [0.25, 0.3) is 0 Å². The zero-order chi connectivity index (χ0) is 64.0. The summed E-state index contributed by atoms with van der Waals surface area (Å²) in [6, 6.07) is 0. The molecule has 0 spiro atoms. The lowest BCUT2D eigenvalue weighted by Crippen LogP contribution is -2.40. The van der Waals surface area contributed by atoms with Gasteiger partial charge in [0.05, 0.1) is 34.4 Å². The van der Waals surface area contributed by atoms with Crippen LogP contribution in [0.4, 0.5) is 0 Å². The molecule has 2 unspecified atom stereocenters. The standard InChI is InChI=1S/C79H145NO8/c1-6-8-10-12-14-16-18-20-22-24-26-28-30-32-34-36-38-39-40-42-44-46-48-50-52-54-56-58-60-62-64-66-68-70-77(82)88-75(74-87-79(78(83)84)85-72-71-80(3,4)5)73-86-76(81)69-67-65-63-61-59-57-55-53-51-49-47-45-43-41-37-35-33-31-29-27-25-23-21-19-17-15-13-11-9-7-2/h8,10,14,16,20,22,26,28,32,34,75,79H,6-7,9,11-13,15,17-19,21,23-25,27,29-31,33,35-74H2,1-5H3/p+1/b10-8-,16-14-,22-20-,28-26-,34-32-. The largest absolute Gasteiger partial charge is 0.477 e. The van der Waals surface area contributed by atoms with Crippen LogP contribution in [0.1, 0.15) is 367 Å². The van der Waals surface area contributed by atoms with Crippen molar-refractivity contribution in [2.45, 2.75) is 379 Å². The third-order valence-corrected chi connectivity index (χ3v) is 17.0. The molecule has 0 bridgehead atoms. The van der Waals surface area contributed by atoms with E-state index in [-0.39, 0.29) is 38.2 Å². The monoisotopic (exact) mass is 1240 g/mol. The molecule has 88 heavy (non-hydrogen) atoms. The first kappa shape index (κ1) is 85.0. The van der Waals surface area contributed by atoms with Crippen molar-refractivity contribution in [2.24, 2.45) is 0 Å². The number of aliphatic carboxylic acids is 1. The van der Waals surface area contributed by atoms with E-state index >= 15 is 0 Å². The van der Waals surface area contributed by atoms with Crippen LogP contribution < -0.4 is 0 Å². The number of rotatable bonds is 71. The first-order chi connectivity index (χ1) is 43.1. The Morgan fingerprint density at radius 1 is 0.352 bits per heavy atom. The molecule has 0 radical (unpaired) electrons. The summed E-state index contributed by atoms with van der Waals surface area (Å²) in [6.45, 7) is 4.83. The SMILES string of the molecule is CC/C=C\C/C=C\C/C=C\C/C=C\C/C=C\CCCCCCCCCCCCCCCCCCCC(=O)OC(COC(=O)CCCCCCCCCCCCCCCCCCCCCCCCCCCCCCCC)COC(OCC[N+](C)(C)C)C(=O)O. The number of carboxylic acid groups (broad SMARTS) is 1. The molecule has 0 rings (SSSR count). The molecule has 0 fully saturated rings. The molecule has 9 heteroatoms. The van der Waals surface area contributed by atoms with E-state index in [1.807, 2.05) is 21.1 Å². The second-order valence-electron chi connectivity index (χ2n) is 26.9. The maximum Gasteiger partial charge on any atom is 0.361 e. The molecule has 0 heterocycles. The zero-order valence-electron chi connectivity index (χ0n) is 58.9. The van der Waals surface area contributed by atoms with Crippen molar-refractivity contribution in [1.82, 2.24) is 0 Å². The maximum absolute atomic E-state index is 13.0. The summed E-state index contributed by atoms with van der Waals surface area (Å²) >= 11 is 0. The molecule has 2 atom stereocenters. The van der Waals surface area contributed by atoms with E-state index in [0.717, 1.165) is 70.6 Å². The highest BCUT2D eigenvalue weighted by molar-refractivity contribution is 5.71. The van der Waals surface area contributed by atoms with Crippen molar-refractivity contribution in [2.75, 3.05) is 47.5 Å². The highest BCUT2D eigenvalue weighted by atomic mass is 16.7. The molecule has 9 nitrogen and oxygen atoms in total. The van der Waals surface area contributed by atoms with Gasteiger partial charge in [0.1, 0.15) is 13.2 Å². The lowest BCUT2D eigenvalue weighted by molar-refractivity contribution is -0.870. The fraction of sp³-hybridized carbons (Fsp3) is 0.835.